The Kier molecular flexibility index (Phi) is 9.79. The zero-order valence-electron chi connectivity index (χ0n) is 5.22. The largest absolute Gasteiger partial charge is 0.372 e. The Balaban J connectivity index is 0. The summed E-state index contributed by atoms with van der Waals surface area (Å²) in [7, 11) is 0. The molecule has 0 saturated carbocycles. The van der Waals surface area contributed by atoms with Gasteiger partial charge in [-0.25, -0.2) is 5.84 Å². The van der Waals surface area contributed by atoms with Crippen LogP contribution < -0.4 is 11.3 Å². The molecule has 0 spiro atoms. The zero-order chi connectivity index (χ0) is 6.41. The minimum absolute atomic E-state index is 0. The van der Waals surface area contributed by atoms with Gasteiger partial charge in [-0.1, -0.05) is 0 Å². The molecule has 0 aromatic carbocycles. The van der Waals surface area contributed by atoms with Crippen molar-refractivity contribution in [3.05, 3.63) is 0 Å². The first-order valence-electron chi connectivity index (χ1n) is 2.38. The van der Waals surface area contributed by atoms with Gasteiger partial charge >= 0.3 is 0 Å². The lowest BCUT2D eigenvalue weighted by Crippen LogP contribution is -2.33. The molecule has 0 unspecified atom stereocenters. The van der Waals surface area contributed by atoms with Gasteiger partial charge in [-0.05, 0) is 6.92 Å². The number of rotatable bonds is 3. The molecule has 56 valence electrons. The fourth-order valence-electron chi connectivity index (χ4n) is 0.236. The van der Waals surface area contributed by atoms with Crippen molar-refractivity contribution in [1.29, 1.82) is 0 Å². The van der Waals surface area contributed by atoms with Gasteiger partial charge in [0.05, 0.1) is 0 Å². The number of ether oxygens (including phenoxy) is 1. The van der Waals surface area contributed by atoms with Gasteiger partial charge in [0.2, 0.25) is 0 Å². The molecule has 1 amide bonds. The summed E-state index contributed by atoms with van der Waals surface area (Å²) in [5.41, 5.74) is 1.94. The van der Waals surface area contributed by atoms with Gasteiger partial charge < -0.3 is 4.74 Å². The number of carbonyl (C=O) groups excluding carboxylic acids is 1. The van der Waals surface area contributed by atoms with Gasteiger partial charge in [0.15, 0.2) is 0 Å². The molecule has 0 fully saturated rings. The monoisotopic (exact) mass is 154 g/mol. The number of amides is 1. The Morgan fingerprint density at radius 3 is 2.67 bits per heavy atom. The average Bonchev–Trinajstić information content (AvgIpc) is 1.83. The molecule has 0 saturated heterocycles. The van der Waals surface area contributed by atoms with E-state index in [1.165, 1.54) is 0 Å². The average molecular weight is 155 g/mol. The van der Waals surface area contributed by atoms with E-state index in [1.54, 1.807) is 0 Å². The Labute approximate surface area is 60.1 Å². The third kappa shape index (κ3) is 7.68. The summed E-state index contributed by atoms with van der Waals surface area (Å²) in [6, 6.07) is 0. The molecule has 0 heterocycles. The van der Waals surface area contributed by atoms with E-state index >= 15 is 0 Å². The first-order chi connectivity index (χ1) is 3.81. The lowest BCUT2D eigenvalue weighted by molar-refractivity contribution is -0.125. The van der Waals surface area contributed by atoms with Crippen LogP contribution in [0.25, 0.3) is 0 Å². The second-order valence-electron chi connectivity index (χ2n) is 1.20. The fraction of sp³-hybridized carbons (Fsp3) is 0.750. The molecule has 3 N–H and O–H groups in total. The van der Waals surface area contributed by atoms with E-state index in [-0.39, 0.29) is 24.9 Å². The van der Waals surface area contributed by atoms with Crippen molar-refractivity contribution in [3.8, 4) is 0 Å². The quantitative estimate of drug-likeness (QED) is 0.325. The molecule has 4 nitrogen and oxygen atoms in total. The van der Waals surface area contributed by atoms with E-state index in [1.807, 2.05) is 12.3 Å². The Morgan fingerprint density at radius 1 is 1.78 bits per heavy atom. The van der Waals surface area contributed by atoms with Crippen molar-refractivity contribution in [2.75, 3.05) is 13.2 Å². The van der Waals surface area contributed by atoms with Crippen LogP contribution in [0.2, 0.25) is 0 Å². The third-order valence-electron chi connectivity index (χ3n) is 0.598. The second-order valence-corrected chi connectivity index (χ2v) is 1.20. The number of hydrazine groups is 1. The molecule has 0 bridgehead atoms. The highest BCUT2D eigenvalue weighted by Gasteiger charge is 1.93. The Hall–Kier alpha value is -0.320. The summed E-state index contributed by atoms with van der Waals surface area (Å²) in [6.07, 6.45) is 0. The topological polar surface area (TPSA) is 64.3 Å². The van der Waals surface area contributed by atoms with Crippen molar-refractivity contribution in [1.82, 2.24) is 5.43 Å². The number of hydrogen-bond donors (Lipinski definition) is 2. The molecule has 0 aliphatic heterocycles. The smallest absolute Gasteiger partial charge is 0.259 e. The number of nitrogens with two attached hydrogens (primary N) is 1. The maximum absolute atomic E-state index is 10.2. The van der Waals surface area contributed by atoms with Crippen LogP contribution in [0.15, 0.2) is 0 Å². The van der Waals surface area contributed by atoms with E-state index in [2.05, 4.69) is 0 Å². The van der Waals surface area contributed by atoms with Crippen LogP contribution in [-0.4, -0.2) is 19.1 Å². The maximum atomic E-state index is 10.2. The van der Waals surface area contributed by atoms with Crippen molar-refractivity contribution in [2.45, 2.75) is 6.92 Å². The van der Waals surface area contributed by atoms with Crippen molar-refractivity contribution >= 4 is 18.3 Å². The normalized spacial score (nSPS) is 7.78. The summed E-state index contributed by atoms with van der Waals surface area (Å²) in [4.78, 5) is 10.2. The highest BCUT2D eigenvalue weighted by molar-refractivity contribution is 5.85. The van der Waals surface area contributed by atoms with Crippen molar-refractivity contribution in [2.24, 2.45) is 5.84 Å². The first-order valence-corrected chi connectivity index (χ1v) is 2.38. The Morgan fingerprint density at radius 2 is 2.33 bits per heavy atom. The highest BCUT2D eigenvalue weighted by Crippen LogP contribution is 1.69. The molecule has 0 rings (SSSR count). The van der Waals surface area contributed by atoms with Crippen LogP contribution in [0.5, 0.6) is 0 Å². The number of carbonyl (C=O) groups is 1. The van der Waals surface area contributed by atoms with E-state index in [9.17, 15) is 4.79 Å². The maximum Gasteiger partial charge on any atom is 0.259 e. The van der Waals surface area contributed by atoms with E-state index < -0.39 is 0 Å². The van der Waals surface area contributed by atoms with Gasteiger partial charge in [0.1, 0.15) is 6.61 Å². The minimum Gasteiger partial charge on any atom is -0.372 e. The molecule has 0 aliphatic rings. The molecule has 0 aliphatic carbocycles. The predicted octanol–water partition coefficient (Wildman–Crippen LogP) is -0.565. The molecular weight excluding hydrogens is 144 g/mol. The van der Waals surface area contributed by atoms with Crippen LogP contribution in [0.4, 0.5) is 0 Å². The highest BCUT2D eigenvalue weighted by atomic mass is 35.5. The van der Waals surface area contributed by atoms with E-state index in [0.717, 1.165) is 0 Å². The van der Waals surface area contributed by atoms with Gasteiger partial charge in [-0.2, -0.15) is 0 Å². The van der Waals surface area contributed by atoms with Crippen LogP contribution in [0, 0.1) is 0 Å². The molecular formula is C4H11ClN2O2. The molecule has 0 aromatic rings. The lowest BCUT2D eigenvalue weighted by atomic mass is 10.7. The third-order valence-corrected chi connectivity index (χ3v) is 0.598. The second kappa shape index (κ2) is 7.68. The lowest BCUT2D eigenvalue weighted by Gasteiger charge is -1.96. The number of halogens is 1. The van der Waals surface area contributed by atoms with Crippen LogP contribution in [0.1, 0.15) is 6.92 Å². The molecule has 0 atom stereocenters. The molecule has 0 radical (unpaired) electrons. The summed E-state index contributed by atoms with van der Waals surface area (Å²) in [5.74, 6) is 4.43. The van der Waals surface area contributed by atoms with Crippen LogP contribution >= 0.6 is 12.4 Å². The summed E-state index contributed by atoms with van der Waals surface area (Å²) < 4.78 is 4.69. The van der Waals surface area contributed by atoms with Gasteiger partial charge in [-0.15, -0.1) is 12.4 Å². The standard InChI is InChI=1S/C4H10N2O2.ClH/c1-2-8-3-4(7)6-5;/h2-3,5H2,1H3,(H,6,7);1H. The molecule has 5 heteroatoms. The SMILES string of the molecule is CCOCC(=O)NN.Cl. The van der Waals surface area contributed by atoms with E-state index in [0.29, 0.717) is 6.61 Å². The van der Waals surface area contributed by atoms with Crippen molar-refractivity contribution < 1.29 is 9.53 Å². The fourth-order valence-corrected chi connectivity index (χ4v) is 0.236. The predicted molar refractivity (Wildman–Crippen MR) is 36.1 cm³/mol. The van der Waals surface area contributed by atoms with Gasteiger partial charge in [0.25, 0.3) is 5.91 Å². The van der Waals surface area contributed by atoms with E-state index in [4.69, 9.17) is 10.6 Å². The molecule has 9 heavy (non-hydrogen) atoms. The van der Waals surface area contributed by atoms with Gasteiger partial charge in [0, 0.05) is 6.61 Å². The van der Waals surface area contributed by atoms with Crippen LogP contribution in [-0.2, 0) is 9.53 Å². The Bertz CT molecular complexity index is 79.0. The van der Waals surface area contributed by atoms with Gasteiger partial charge in [-0.3, -0.25) is 10.2 Å². The summed E-state index contributed by atoms with van der Waals surface area (Å²) in [6.45, 7) is 2.39. The van der Waals surface area contributed by atoms with Crippen molar-refractivity contribution in [3.63, 3.8) is 0 Å². The van der Waals surface area contributed by atoms with Crippen LogP contribution in [0.3, 0.4) is 0 Å². The first kappa shape index (κ1) is 11.5. The summed E-state index contributed by atoms with van der Waals surface area (Å²) in [5, 5.41) is 0. The number of hydrogen-bond acceptors (Lipinski definition) is 3. The zero-order valence-corrected chi connectivity index (χ0v) is 6.03. The summed E-state index contributed by atoms with van der Waals surface area (Å²) >= 11 is 0. The number of nitrogens with one attached hydrogen (secondary N) is 1. The molecule has 0 aromatic heterocycles. The minimum atomic E-state index is -0.299.